The highest BCUT2D eigenvalue weighted by Crippen LogP contribution is 2.59. The monoisotopic (exact) mass is 509 g/mol. The zero-order valence-corrected chi connectivity index (χ0v) is 22.8. The van der Waals surface area contributed by atoms with Gasteiger partial charge in [-0.05, 0) is 93.8 Å². The second kappa shape index (κ2) is 10.8. The van der Waals surface area contributed by atoms with Gasteiger partial charge in [0, 0.05) is 16.7 Å². The number of benzene rings is 3. The van der Waals surface area contributed by atoms with Gasteiger partial charge in [-0.15, -0.1) is 0 Å². The number of fused-ring (bicyclic) bond motifs is 3. The second-order valence-corrected chi connectivity index (χ2v) is 11.3. The van der Waals surface area contributed by atoms with Crippen LogP contribution in [-0.4, -0.2) is 28.3 Å². The SMILES string of the molecule is C=NC(=C)C.CC(=O)c1ccc2c(c1)CC[C@@H]1C[C@@](O)(c3ccccc3)[C@](C)(O)C[C@@]21Cc1ccccc1. The van der Waals surface area contributed by atoms with Crippen LogP contribution in [0.25, 0.3) is 0 Å². The van der Waals surface area contributed by atoms with Crippen LogP contribution in [-0.2, 0) is 23.9 Å². The van der Waals surface area contributed by atoms with Gasteiger partial charge in [-0.1, -0.05) is 79.4 Å². The van der Waals surface area contributed by atoms with Crippen LogP contribution < -0.4 is 0 Å². The summed E-state index contributed by atoms with van der Waals surface area (Å²) in [4.78, 5) is 15.5. The van der Waals surface area contributed by atoms with Crippen LogP contribution in [0.4, 0.5) is 0 Å². The molecule has 0 aromatic heterocycles. The summed E-state index contributed by atoms with van der Waals surface area (Å²) in [5.41, 5.74) is 3.01. The zero-order valence-electron chi connectivity index (χ0n) is 22.8. The molecular weight excluding hydrogens is 470 g/mol. The van der Waals surface area contributed by atoms with E-state index in [1.165, 1.54) is 16.7 Å². The summed E-state index contributed by atoms with van der Waals surface area (Å²) in [6.45, 7) is 11.9. The average molecular weight is 510 g/mol. The number of nitrogens with zero attached hydrogens (tertiary/aromatic N) is 1. The van der Waals surface area contributed by atoms with E-state index in [1.807, 2.05) is 48.5 Å². The zero-order chi connectivity index (χ0) is 27.6. The third kappa shape index (κ3) is 5.16. The van der Waals surface area contributed by atoms with Gasteiger partial charge in [-0.25, -0.2) is 0 Å². The van der Waals surface area contributed by atoms with Crippen molar-refractivity contribution < 1.29 is 15.0 Å². The molecular formula is C34H39NO3. The van der Waals surface area contributed by atoms with Gasteiger partial charge in [0.25, 0.3) is 0 Å². The number of aryl methyl sites for hydroxylation is 1. The molecule has 0 unspecified atom stereocenters. The van der Waals surface area contributed by atoms with Crippen molar-refractivity contribution in [3.8, 4) is 0 Å². The van der Waals surface area contributed by atoms with Crippen LogP contribution >= 0.6 is 0 Å². The summed E-state index contributed by atoms with van der Waals surface area (Å²) in [5.74, 6) is 0.282. The lowest BCUT2D eigenvalue weighted by Crippen LogP contribution is -2.62. The number of aliphatic hydroxyl groups is 2. The first-order chi connectivity index (χ1) is 18.0. The predicted molar refractivity (Wildman–Crippen MR) is 155 cm³/mol. The molecule has 4 heteroatoms. The average Bonchev–Trinajstić information content (AvgIpc) is 2.90. The highest BCUT2D eigenvalue weighted by molar-refractivity contribution is 5.94. The van der Waals surface area contributed by atoms with Gasteiger partial charge in [0.15, 0.2) is 5.78 Å². The molecule has 0 spiro atoms. The first kappa shape index (κ1) is 27.7. The second-order valence-electron chi connectivity index (χ2n) is 11.3. The van der Waals surface area contributed by atoms with Crippen molar-refractivity contribution in [2.24, 2.45) is 10.9 Å². The molecule has 2 aliphatic carbocycles. The Hall–Kier alpha value is -3.34. The summed E-state index contributed by atoms with van der Waals surface area (Å²) in [6, 6.07) is 26.2. The Morgan fingerprint density at radius 1 is 1.00 bits per heavy atom. The van der Waals surface area contributed by atoms with Gasteiger partial charge in [0.05, 0.1) is 5.60 Å². The van der Waals surface area contributed by atoms with E-state index in [1.54, 1.807) is 20.8 Å². The first-order valence-electron chi connectivity index (χ1n) is 13.3. The van der Waals surface area contributed by atoms with Gasteiger partial charge in [-0.2, -0.15) is 0 Å². The lowest BCUT2D eigenvalue weighted by atomic mass is 9.48. The van der Waals surface area contributed by atoms with E-state index < -0.39 is 11.2 Å². The minimum atomic E-state index is -1.31. The van der Waals surface area contributed by atoms with Crippen LogP contribution in [0, 0.1) is 5.92 Å². The molecule has 1 fully saturated rings. The quantitative estimate of drug-likeness (QED) is 0.301. The molecule has 5 rings (SSSR count). The number of hydrogen-bond acceptors (Lipinski definition) is 4. The number of ketones is 1. The molecule has 0 saturated heterocycles. The van der Waals surface area contributed by atoms with Crippen LogP contribution in [0.3, 0.4) is 0 Å². The van der Waals surface area contributed by atoms with Crippen molar-refractivity contribution in [3.05, 3.63) is 119 Å². The molecule has 0 bridgehead atoms. The summed E-state index contributed by atoms with van der Waals surface area (Å²) in [5, 5.41) is 23.9. The topological polar surface area (TPSA) is 69.9 Å². The molecule has 2 N–H and O–H groups in total. The van der Waals surface area contributed by atoms with Gasteiger partial charge >= 0.3 is 0 Å². The van der Waals surface area contributed by atoms with Crippen molar-refractivity contribution in [3.63, 3.8) is 0 Å². The van der Waals surface area contributed by atoms with Crippen LogP contribution in [0.2, 0.25) is 0 Å². The van der Waals surface area contributed by atoms with Crippen LogP contribution in [0.5, 0.6) is 0 Å². The maximum absolute atomic E-state index is 12.1. The minimum Gasteiger partial charge on any atom is -0.387 e. The molecule has 4 atom stereocenters. The molecule has 0 heterocycles. The predicted octanol–water partition coefficient (Wildman–Crippen LogP) is 6.59. The highest BCUT2D eigenvalue weighted by Gasteiger charge is 2.61. The standard InChI is InChI=1S/C30H32O3.C4H7N/c1-21(31)23-14-16-27-24(17-23)13-15-26-19-30(33,25-11-7-4-8-12-25)28(2,32)20-29(26,27)18-22-9-5-3-6-10-22;1-4(2)5-3/h3-12,14,16-17,26,32-33H,13,15,18-20H2,1-2H3;1,3H2,2H3/t26-,28-,29-,30-;/m1./s1. The summed E-state index contributed by atoms with van der Waals surface area (Å²) in [7, 11) is 0. The number of hydrogen-bond donors (Lipinski definition) is 2. The number of carbonyl (C=O) groups excluding carboxylic acids is 1. The number of carbonyl (C=O) groups is 1. The molecule has 3 aromatic rings. The molecule has 3 aromatic carbocycles. The van der Waals surface area contributed by atoms with Crippen molar-refractivity contribution in [1.29, 1.82) is 0 Å². The van der Waals surface area contributed by atoms with Gasteiger partial charge in [-0.3, -0.25) is 9.79 Å². The summed E-state index contributed by atoms with van der Waals surface area (Å²) in [6.07, 6.45) is 3.56. The van der Waals surface area contributed by atoms with Crippen molar-refractivity contribution in [2.75, 3.05) is 0 Å². The fourth-order valence-electron chi connectivity index (χ4n) is 6.61. The maximum Gasteiger partial charge on any atom is 0.159 e. The van der Waals surface area contributed by atoms with E-state index in [2.05, 4.69) is 48.6 Å². The molecule has 0 radical (unpaired) electrons. The van der Waals surface area contributed by atoms with Crippen LogP contribution in [0.1, 0.15) is 72.6 Å². The van der Waals surface area contributed by atoms with Gasteiger partial charge < -0.3 is 10.2 Å². The highest BCUT2D eigenvalue weighted by atomic mass is 16.4. The van der Waals surface area contributed by atoms with Crippen LogP contribution in [0.15, 0.2) is 96.1 Å². The largest absolute Gasteiger partial charge is 0.387 e. The maximum atomic E-state index is 12.1. The molecule has 198 valence electrons. The Kier molecular flexibility index (Phi) is 7.87. The number of Topliss-reactive ketones (excluding diaryl/α,β-unsaturated/α-hetero) is 1. The third-order valence-corrected chi connectivity index (χ3v) is 8.57. The Bertz CT molecular complexity index is 1310. The Morgan fingerprint density at radius 2 is 1.61 bits per heavy atom. The van der Waals surface area contributed by atoms with E-state index in [0.717, 1.165) is 36.1 Å². The van der Waals surface area contributed by atoms with E-state index >= 15 is 0 Å². The van der Waals surface area contributed by atoms with Crippen molar-refractivity contribution in [1.82, 2.24) is 0 Å². The normalized spacial score (nSPS) is 27.7. The van der Waals surface area contributed by atoms with Gasteiger partial charge in [0.2, 0.25) is 0 Å². The van der Waals surface area contributed by atoms with E-state index in [-0.39, 0.29) is 17.1 Å². The number of rotatable bonds is 5. The lowest BCUT2D eigenvalue weighted by molar-refractivity contribution is -0.204. The fraction of sp³-hybridized carbons (Fsp3) is 0.353. The van der Waals surface area contributed by atoms with E-state index in [0.29, 0.717) is 12.8 Å². The Morgan fingerprint density at radius 3 is 2.18 bits per heavy atom. The molecule has 4 nitrogen and oxygen atoms in total. The first-order valence-corrected chi connectivity index (χ1v) is 13.3. The van der Waals surface area contributed by atoms with Gasteiger partial charge in [0.1, 0.15) is 5.60 Å². The molecule has 38 heavy (non-hydrogen) atoms. The Labute approximate surface area is 226 Å². The van der Waals surface area contributed by atoms with E-state index in [9.17, 15) is 15.0 Å². The molecule has 2 aliphatic rings. The smallest absolute Gasteiger partial charge is 0.159 e. The molecule has 0 amide bonds. The third-order valence-electron chi connectivity index (χ3n) is 8.57. The summed E-state index contributed by atoms with van der Waals surface area (Å²) < 4.78 is 0. The summed E-state index contributed by atoms with van der Waals surface area (Å²) >= 11 is 0. The molecule has 1 saturated carbocycles. The minimum absolute atomic E-state index is 0.0751. The fourth-order valence-corrected chi connectivity index (χ4v) is 6.61. The number of allylic oxidation sites excluding steroid dienone is 1. The van der Waals surface area contributed by atoms with E-state index in [4.69, 9.17) is 0 Å². The lowest BCUT2D eigenvalue weighted by Gasteiger charge is -2.59. The molecule has 0 aliphatic heterocycles. The number of aliphatic imine (C=N–C) groups is 1. The Balaban J connectivity index is 0.000000617. The van der Waals surface area contributed by atoms with Crippen molar-refractivity contribution >= 4 is 12.5 Å². The van der Waals surface area contributed by atoms with Crippen molar-refractivity contribution in [2.45, 2.75) is 69.5 Å².